The van der Waals surface area contributed by atoms with Gasteiger partial charge < -0.3 is 0 Å². The van der Waals surface area contributed by atoms with E-state index in [-0.39, 0.29) is 0 Å². The molecule has 2 aromatic heterocycles. The van der Waals surface area contributed by atoms with Gasteiger partial charge in [0.1, 0.15) is 4.83 Å². The number of rotatable bonds is 2. The van der Waals surface area contributed by atoms with E-state index < -0.39 is 11.7 Å². The summed E-state index contributed by atoms with van der Waals surface area (Å²) in [5.41, 5.74) is 0.675. The molecule has 0 aliphatic heterocycles. The number of nitrogens with zero attached hydrogens (tertiary/aromatic N) is 2. The van der Waals surface area contributed by atoms with Crippen LogP contribution in [-0.2, 0) is 6.18 Å². The van der Waals surface area contributed by atoms with Crippen LogP contribution in [-0.4, -0.2) is 16.2 Å². The molecule has 0 unspecified atom stereocenters. The Balaban J connectivity index is 2.16. The molecular weight excluding hydrogens is 329 g/mol. The summed E-state index contributed by atoms with van der Waals surface area (Å²) in [7, 11) is 0. The van der Waals surface area contributed by atoms with Crippen molar-refractivity contribution < 1.29 is 13.2 Å². The number of aromatic nitrogens is 2. The Hall–Kier alpha value is -1.60. The van der Waals surface area contributed by atoms with Crippen molar-refractivity contribution in [1.29, 1.82) is 0 Å². The normalized spacial score (nSPS) is 12.0. The Morgan fingerprint density at radius 3 is 2.36 bits per heavy atom. The lowest BCUT2D eigenvalue weighted by Crippen LogP contribution is -2.04. The Kier molecular flexibility index (Phi) is 3.86. The summed E-state index contributed by atoms with van der Waals surface area (Å²) < 4.78 is 38.0. The number of alkyl halides is 3. The summed E-state index contributed by atoms with van der Waals surface area (Å²) in [6.07, 6.45) is -2.46. The smallest absolute Gasteiger partial charge is 0.222 e. The summed E-state index contributed by atoms with van der Waals surface area (Å²) in [5.74, 6) is 0. The lowest BCUT2D eigenvalue weighted by atomic mass is 10.1. The maximum Gasteiger partial charge on any atom is 0.416 e. The average Bonchev–Trinajstić information content (AvgIpc) is 2.85. The maximum absolute atomic E-state index is 12.7. The second-order valence-electron chi connectivity index (χ2n) is 4.71. The topological polar surface area (TPSA) is 25.8 Å². The number of aryl methyl sites for hydroxylation is 1. The molecule has 2 heterocycles. The molecule has 0 N–H and O–H groups in total. The molecule has 1 aromatic carbocycles. The van der Waals surface area contributed by atoms with E-state index >= 15 is 0 Å². The second-order valence-corrected chi connectivity index (χ2v) is 6.72. The SMILES string of the molecule is CSc1nc(-c2ccc(C(F)(F)F)cc2)c2cc(C)sc2n1. The molecule has 0 saturated heterocycles. The van der Waals surface area contributed by atoms with Crippen molar-refractivity contribution in [3.05, 3.63) is 40.8 Å². The predicted molar refractivity (Wildman–Crippen MR) is 84.4 cm³/mol. The molecule has 0 bridgehead atoms. The summed E-state index contributed by atoms with van der Waals surface area (Å²) in [6.45, 7) is 1.97. The van der Waals surface area contributed by atoms with Gasteiger partial charge in [-0.25, -0.2) is 9.97 Å². The summed E-state index contributed by atoms with van der Waals surface area (Å²) in [6, 6.07) is 7.06. The minimum atomic E-state index is -4.33. The van der Waals surface area contributed by atoms with Crippen molar-refractivity contribution in [2.45, 2.75) is 18.3 Å². The molecule has 0 atom stereocenters. The van der Waals surface area contributed by atoms with Crippen molar-refractivity contribution in [1.82, 2.24) is 9.97 Å². The average molecular weight is 340 g/mol. The molecule has 2 nitrogen and oxygen atoms in total. The molecule has 114 valence electrons. The Labute approximate surface area is 133 Å². The van der Waals surface area contributed by atoms with Gasteiger partial charge in [0.2, 0.25) is 0 Å². The molecule has 3 rings (SSSR count). The molecular formula is C15H11F3N2S2. The zero-order valence-corrected chi connectivity index (χ0v) is 13.4. The van der Waals surface area contributed by atoms with E-state index in [1.165, 1.54) is 23.9 Å². The molecule has 22 heavy (non-hydrogen) atoms. The third-order valence-electron chi connectivity index (χ3n) is 3.16. The van der Waals surface area contributed by atoms with Gasteiger partial charge in [-0.2, -0.15) is 13.2 Å². The van der Waals surface area contributed by atoms with Crippen LogP contribution in [0.25, 0.3) is 21.5 Å². The standard InChI is InChI=1S/C15H11F3N2S2/c1-8-7-11-12(19-14(21-2)20-13(11)22-8)9-3-5-10(6-4-9)15(16,17)18/h3-7H,1-2H3. The predicted octanol–water partition coefficient (Wildman–Crippen LogP) is 5.41. The first-order chi connectivity index (χ1) is 10.4. The lowest BCUT2D eigenvalue weighted by Gasteiger charge is -2.08. The van der Waals surface area contributed by atoms with Crippen molar-refractivity contribution in [2.24, 2.45) is 0 Å². The summed E-state index contributed by atoms with van der Waals surface area (Å²) in [4.78, 5) is 10.9. The molecule has 3 aromatic rings. The maximum atomic E-state index is 12.7. The van der Waals surface area contributed by atoms with Gasteiger partial charge in [0.15, 0.2) is 5.16 Å². The fraction of sp³-hybridized carbons (Fsp3) is 0.200. The van der Waals surface area contributed by atoms with Gasteiger partial charge in [0.05, 0.1) is 11.3 Å². The van der Waals surface area contributed by atoms with Crippen LogP contribution in [0.15, 0.2) is 35.5 Å². The Morgan fingerprint density at radius 2 is 1.77 bits per heavy atom. The Morgan fingerprint density at radius 1 is 1.09 bits per heavy atom. The van der Waals surface area contributed by atoms with Gasteiger partial charge in [-0.3, -0.25) is 0 Å². The van der Waals surface area contributed by atoms with E-state index in [0.717, 1.165) is 27.2 Å². The molecule has 7 heteroatoms. The minimum Gasteiger partial charge on any atom is -0.222 e. The van der Waals surface area contributed by atoms with Crippen molar-refractivity contribution >= 4 is 33.3 Å². The third-order valence-corrected chi connectivity index (χ3v) is 4.66. The molecule has 0 fully saturated rings. The number of halogens is 3. The van der Waals surface area contributed by atoms with Crippen molar-refractivity contribution in [2.75, 3.05) is 6.26 Å². The van der Waals surface area contributed by atoms with Gasteiger partial charge in [-0.1, -0.05) is 23.9 Å². The largest absolute Gasteiger partial charge is 0.416 e. The number of fused-ring (bicyclic) bond motifs is 1. The van der Waals surface area contributed by atoms with Crippen LogP contribution in [0.2, 0.25) is 0 Å². The fourth-order valence-electron chi connectivity index (χ4n) is 2.15. The number of hydrogen-bond acceptors (Lipinski definition) is 4. The fourth-order valence-corrected chi connectivity index (χ4v) is 3.45. The van der Waals surface area contributed by atoms with Gasteiger partial charge >= 0.3 is 6.18 Å². The number of thioether (sulfide) groups is 1. The van der Waals surface area contributed by atoms with E-state index in [0.29, 0.717) is 16.4 Å². The van der Waals surface area contributed by atoms with Crippen LogP contribution < -0.4 is 0 Å². The summed E-state index contributed by atoms with van der Waals surface area (Å²) >= 11 is 2.97. The number of thiophene rings is 1. The zero-order chi connectivity index (χ0) is 15.9. The molecule has 0 spiro atoms. The Bertz CT molecular complexity index is 823. The van der Waals surface area contributed by atoms with E-state index in [2.05, 4.69) is 9.97 Å². The van der Waals surface area contributed by atoms with E-state index in [1.54, 1.807) is 11.3 Å². The monoisotopic (exact) mass is 340 g/mol. The van der Waals surface area contributed by atoms with Gasteiger partial charge in [-0.15, -0.1) is 11.3 Å². The van der Waals surface area contributed by atoms with Gasteiger partial charge in [-0.05, 0) is 31.4 Å². The highest BCUT2D eigenvalue weighted by Crippen LogP contribution is 2.35. The highest BCUT2D eigenvalue weighted by molar-refractivity contribution is 7.98. The first kappa shape index (κ1) is 15.3. The third kappa shape index (κ3) is 2.83. The van der Waals surface area contributed by atoms with Crippen LogP contribution in [0.1, 0.15) is 10.4 Å². The quantitative estimate of drug-likeness (QED) is 0.461. The lowest BCUT2D eigenvalue weighted by molar-refractivity contribution is -0.137. The molecule has 0 saturated carbocycles. The molecule has 0 aliphatic carbocycles. The van der Waals surface area contributed by atoms with Gasteiger partial charge in [0.25, 0.3) is 0 Å². The van der Waals surface area contributed by atoms with E-state index in [9.17, 15) is 13.2 Å². The number of benzene rings is 1. The first-order valence-electron chi connectivity index (χ1n) is 6.38. The molecule has 0 radical (unpaired) electrons. The van der Waals surface area contributed by atoms with Crippen molar-refractivity contribution in [3.8, 4) is 11.3 Å². The van der Waals surface area contributed by atoms with Crippen LogP contribution in [0.4, 0.5) is 13.2 Å². The molecule has 0 amide bonds. The van der Waals surface area contributed by atoms with Crippen molar-refractivity contribution in [3.63, 3.8) is 0 Å². The second kappa shape index (κ2) is 5.55. The van der Waals surface area contributed by atoms with Crippen LogP contribution >= 0.6 is 23.1 Å². The number of hydrogen-bond donors (Lipinski definition) is 0. The summed E-state index contributed by atoms with van der Waals surface area (Å²) in [5, 5.41) is 1.49. The van der Waals surface area contributed by atoms with Crippen LogP contribution in [0, 0.1) is 6.92 Å². The first-order valence-corrected chi connectivity index (χ1v) is 8.42. The van der Waals surface area contributed by atoms with E-state index in [1.807, 2.05) is 19.2 Å². The minimum absolute atomic E-state index is 0.615. The zero-order valence-electron chi connectivity index (χ0n) is 11.7. The molecule has 0 aliphatic rings. The van der Waals surface area contributed by atoms with E-state index in [4.69, 9.17) is 0 Å². The van der Waals surface area contributed by atoms with Gasteiger partial charge in [0, 0.05) is 15.8 Å². The van der Waals surface area contributed by atoms with Crippen LogP contribution in [0.3, 0.4) is 0 Å². The highest BCUT2D eigenvalue weighted by atomic mass is 32.2. The van der Waals surface area contributed by atoms with Crippen LogP contribution in [0.5, 0.6) is 0 Å². The highest BCUT2D eigenvalue weighted by Gasteiger charge is 2.30.